The summed E-state index contributed by atoms with van der Waals surface area (Å²) in [5.74, 6) is -0.888. The summed E-state index contributed by atoms with van der Waals surface area (Å²) in [4.78, 5) is 39.6. The molecule has 218 valence electrons. The molecule has 1 unspecified atom stereocenters. The molecule has 0 bridgehead atoms. The van der Waals surface area contributed by atoms with Crippen LogP contribution in [-0.2, 0) is 19.1 Å². The van der Waals surface area contributed by atoms with Crippen LogP contribution in [0.15, 0.2) is 24.8 Å². The van der Waals surface area contributed by atoms with Gasteiger partial charge >= 0.3 is 0 Å². The Morgan fingerprint density at radius 2 is 1.37 bits per heavy atom. The molecule has 3 amide bonds. The maximum Gasteiger partial charge on any atom is 0.254 e. The van der Waals surface area contributed by atoms with E-state index in [1.807, 2.05) is 34.6 Å². The zero-order valence-electron chi connectivity index (χ0n) is 26.6. The quantitative estimate of drug-likeness (QED) is 0.240. The van der Waals surface area contributed by atoms with E-state index in [1.165, 1.54) is 17.1 Å². The molecular formula is C31H55N3O4. The van der Waals surface area contributed by atoms with E-state index in [2.05, 4.69) is 79.5 Å². The van der Waals surface area contributed by atoms with Gasteiger partial charge in [-0.2, -0.15) is 0 Å². The van der Waals surface area contributed by atoms with Crippen LogP contribution in [0.25, 0.3) is 0 Å². The summed E-state index contributed by atoms with van der Waals surface area (Å²) in [6, 6.07) is 0. The Labute approximate surface area is 232 Å². The number of carbonyl (C=O) groups excluding carboxylic acids is 3. The van der Waals surface area contributed by atoms with Crippen molar-refractivity contribution in [3.05, 3.63) is 24.8 Å². The Bertz CT molecular complexity index is 933. The molecule has 1 atom stereocenters. The molecule has 1 aliphatic heterocycles. The Morgan fingerprint density at radius 1 is 0.895 bits per heavy atom. The van der Waals surface area contributed by atoms with Gasteiger partial charge in [0.05, 0.1) is 11.1 Å². The first-order chi connectivity index (χ1) is 16.7. The minimum atomic E-state index is -0.874. The van der Waals surface area contributed by atoms with Crippen LogP contribution in [0.1, 0.15) is 110 Å². The lowest BCUT2D eigenvalue weighted by Crippen LogP contribution is -2.65. The number of hydrogen-bond acceptors (Lipinski definition) is 5. The number of carbonyl (C=O) groups is 3. The topological polar surface area (TPSA) is 87.7 Å². The number of nitrogens with one attached hydrogen (secondary N) is 2. The normalized spacial score (nSPS) is 17.6. The summed E-state index contributed by atoms with van der Waals surface area (Å²) in [6.45, 7) is 33.0. The molecule has 0 aliphatic carbocycles. The lowest BCUT2D eigenvalue weighted by atomic mass is 9.63. The smallest absolute Gasteiger partial charge is 0.254 e. The third-order valence-corrected chi connectivity index (χ3v) is 8.39. The van der Waals surface area contributed by atoms with Crippen molar-refractivity contribution in [2.75, 3.05) is 6.61 Å². The maximum atomic E-state index is 13.7. The first kappa shape index (κ1) is 34.0. The Balaban J connectivity index is 3.05. The highest BCUT2D eigenvalue weighted by molar-refractivity contribution is 6.13. The molecule has 0 saturated heterocycles. The largest absolute Gasteiger partial charge is 0.375 e. The summed E-state index contributed by atoms with van der Waals surface area (Å²) < 4.78 is 6.50. The van der Waals surface area contributed by atoms with Crippen molar-refractivity contribution in [1.82, 2.24) is 15.5 Å². The number of nitrogens with zero attached hydrogens (tertiary/aromatic N) is 1. The summed E-state index contributed by atoms with van der Waals surface area (Å²) in [5.41, 5.74) is -3.78. The van der Waals surface area contributed by atoms with Gasteiger partial charge in [-0.25, -0.2) is 0 Å². The molecule has 1 rings (SSSR count). The highest BCUT2D eigenvalue weighted by atomic mass is 16.5. The van der Waals surface area contributed by atoms with Gasteiger partial charge in [-0.15, -0.1) is 6.58 Å². The molecule has 0 radical (unpaired) electrons. The summed E-state index contributed by atoms with van der Waals surface area (Å²) in [6.07, 6.45) is 5.45. The summed E-state index contributed by atoms with van der Waals surface area (Å²) in [7, 11) is 0. The molecule has 1 heterocycles. The van der Waals surface area contributed by atoms with E-state index < -0.39 is 27.5 Å². The molecule has 0 spiro atoms. The minimum absolute atomic E-state index is 0.00276. The predicted octanol–water partition coefficient (Wildman–Crippen LogP) is 5.55. The van der Waals surface area contributed by atoms with Crippen molar-refractivity contribution in [2.45, 2.75) is 138 Å². The third-order valence-electron chi connectivity index (χ3n) is 8.39. The summed E-state index contributed by atoms with van der Waals surface area (Å²) in [5, 5.41) is 6.90. The molecule has 0 aromatic rings. The van der Waals surface area contributed by atoms with Crippen LogP contribution >= 0.6 is 0 Å². The van der Waals surface area contributed by atoms with Gasteiger partial charge in [-0.1, -0.05) is 33.8 Å². The maximum absolute atomic E-state index is 13.7. The van der Waals surface area contributed by atoms with E-state index in [0.29, 0.717) is 13.0 Å². The van der Waals surface area contributed by atoms with Crippen molar-refractivity contribution in [3.63, 3.8) is 0 Å². The molecular weight excluding hydrogens is 478 g/mol. The average Bonchev–Trinajstić information content (AvgIpc) is 3.03. The van der Waals surface area contributed by atoms with Crippen LogP contribution in [0.4, 0.5) is 0 Å². The lowest BCUT2D eigenvalue weighted by Gasteiger charge is -2.53. The van der Waals surface area contributed by atoms with Crippen LogP contribution in [0.2, 0.25) is 0 Å². The van der Waals surface area contributed by atoms with Crippen molar-refractivity contribution in [3.8, 4) is 0 Å². The van der Waals surface area contributed by atoms with Gasteiger partial charge in [0.15, 0.2) is 0 Å². The second-order valence-electron chi connectivity index (χ2n) is 15.1. The fraction of sp³-hybridized carbons (Fsp3) is 0.774. The first-order valence-electron chi connectivity index (χ1n) is 13.7. The Kier molecular flexibility index (Phi) is 9.74. The molecule has 7 nitrogen and oxygen atoms in total. The van der Waals surface area contributed by atoms with E-state index in [0.717, 1.165) is 6.42 Å². The van der Waals surface area contributed by atoms with Gasteiger partial charge in [-0.3, -0.25) is 19.3 Å². The standard InChI is InChI=1S/C31H55N3O4/c1-16-31(15,29(11,12)30(13,14)38-20-19-27(7,8)33-25(2,3)4)32-24(37)26(5,6)21-28(9,10)34-22(35)17-18-23(34)36/h16-18,33H,1,19-21H2,2-15H3,(H,32,37). The second kappa shape index (κ2) is 10.9. The molecule has 1 aliphatic rings. The molecule has 0 saturated carbocycles. The third kappa shape index (κ3) is 7.78. The molecule has 0 aromatic carbocycles. The number of imide groups is 1. The van der Waals surface area contributed by atoms with E-state index in [1.54, 1.807) is 6.08 Å². The van der Waals surface area contributed by atoms with Crippen LogP contribution in [-0.4, -0.2) is 57.0 Å². The fourth-order valence-electron chi connectivity index (χ4n) is 5.55. The van der Waals surface area contributed by atoms with Gasteiger partial charge in [-0.05, 0) is 82.1 Å². The Morgan fingerprint density at radius 3 is 1.79 bits per heavy atom. The highest BCUT2D eigenvalue weighted by Gasteiger charge is 2.52. The van der Waals surface area contributed by atoms with Gasteiger partial charge in [0.1, 0.15) is 0 Å². The zero-order chi connectivity index (χ0) is 30.2. The monoisotopic (exact) mass is 533 g/mol. The van der Waals surface area contributed by atoms with Crippen LogP contribution in [0.5, 0.6) is 0 Å². The van der Waals surface area contributed by atoms with Gasteiger partial charge < -0.3 is 15.4 Å². The Hall–Kier alpha value is -1.99. The number of amides is 3. The van der Waals surface area contributed by atoms with Crippen LogP contribution < -0.4 is 10.6 Å². The molecule has 38 heavy (non-hydrogen) atoms. The van der Waals surface area contributed by atoms with Crippen molar-refractivity contribution in [2.24, 2.45) is 10.8 Å². The van der Waals surface area contributed by atoms with Gasteiger partial charge in [0, 0.05) is 46.2 Å². The number of ether oxygens (including phenoxy) is 1. The summed E-state index contributed by atoms with van der Waals surface area (Å²) >= 11 is 0. The molecule has 2 N–H and O–H groups in total. The highest BCUT2D eigenvalue weighted by Crippen LogP contribution is 2.45. The van der Waals surface area contributed by atoms with E-state index in [-0.39, 0.29) is 28.8 Å². The van der Waals surface area contributed by atoms with Gasteiger partial charge in [0.2, 0.25) is 5.91 Å². The minimum Gasteiger partial charge on any atom is -0.375 e. The lowest BCUT2D eigenvalue weighted by molar-refractivity contribution is -0.150. The fourth-order valence-corrected chi connectivity index (χ4v) is 5.55. The number of rotatable bonds is 13. The van der Waals surface area contributed by atoms with Crippen LogP contribution in [0, 0.1) is 10.8 Å². The van der Waals surface area contributed by atoms with Crippen molar-refractivity contribution in [1.29, 1.82) is 0 Å². The molecule has 0 fully saturated rings. The second-order valence-corrected chi connectivity index (χ2v) is 15.1. The number of hydrogen-bond donors (Lipinski definition) is 2. The van der Waals surface area contributed by atoms with E-state index in [9.17, 15) is 14.4 Å². The van der Waals surface area contributed by atoms with Gasteiger partial charge in [0.25, 0.3) is 11.8 Å². The molecule has 0 aromatic heterocycles. The zero-order valence-corrected chi connectivity index (χ0v) is 26.6. The molecule has 7 heteroatoms. The first-order valence-corrected chi connectivity index (χ1v) is 13.7. The predicted molar refractivity (Wildman–Crippen MR) is 156 cm³/mol. The van der Waals surface area contributed by atoms with Crippen molar-refractivity contribution < 1.29 is 19.1 Å². The van der Waals surface area contributed by atoms with E-state index in [4.69, 9.17) is 4.74 Å². The SMILES string of the molecule is C=CC(C)(NC(=O)C(C)(C)CC(C)(C)N1C(=O)C=CC1=O)C(C)(C)C(C)(C)OCCC(C)(C)NC(C)(C)C. The van der Waals surface area contributed by atoms with Crippen LogP contribution in [0.3, 0.4) is 0 Å². The van der Waals surface area contributed by atoms with E-state index >= 15 is 0 Å². The van der Waals surface area contributed by atoms with Crippen molar-refractivity contribution >= 4 is 17.7 Å². The average molecular weight is 534 g/mol.